The Balaban J connectivity index is 0.000000102. The van der Waals surface area contributed by atoms with Gasteiger partial charge in [-0.3, -0.25) is 0 Å². The highest BCUT2D eigenvalue weighted by atomic mass is 32.1. The number of fused-ring (bicyclic) bond motifs is 30. The summed E-state index contributed by atoms with van der Waals surface area (Å²) in [7, 11) is 0. The van der Waals surface area contributed by atoms with Crippen LogP contribution in [0.25, 0.3) is 270 Å². The lowest BCUT2D eigenvalue weighted by Gasteiger charge is -2.21. The molecule has 0 spiro atoms. The van der Waals surface area contributed by atoms with Crippen molar-refractivity contribution in [1.29, 1.82) is 0 Å². The first-order valence-corrected chi connectivity index (χ1v) is 46.9. The molecule has 11 aromatic heterocycles. The molecule has 642 valence electrons. The van der Waals surface area contributed by atoms with Crippen molar-refractivity contribution < 1.29 is 17.7 Å². The Kier molecular flexibility index (Phi) is 17.3. The van der Waals surface area contributed by atoms with Crippen LogP contribution >= 0.6 is 11.3 Å². The first kappa shape index (κ1) is 77.8. The van der Waals surface area contributed by atoms with Gasteiger partial charge in [-0.05, 0) is 138 Å². The minimum atomic E-state index is -0.0767. The lowest BCUT2D eigenvalue weighted by Crippen LogP contribution is -2.14. The summed E-state index contributed by atoms with van der Waals surface area (Å²) in [6, 6.07) is 146. The summed E-state index contributed by atoms with van der Waals surface area (Å²) in [4.78, 5) is 30.4. The van der Waals surface area contributed by atoms with Gasteiger partial charge in [-0.15, -0.1) is 11.3 Å². The van der Waals surface area contributed by atoms with Crippen LogP contribution in [0.1, 0.15) is 25.0 Å². The quantitative estimate of drug-likeness (QED) is 0.137. The summed E-state index contributed by atoms with van der Waals surface area (Å²) in [5, 5.41) is 15.1. The summed E-state index contributed by atoms with van der Waals surface area (Å²) in [5.74, 6) is 2.03. The number of rotatable bonds is 9. The van der Waals surface area contributed by atoms with E-state index in [-0.39, 0.29) is 5.41 Å². The van der Waals surface area contributed by atoms with Gasteiger partial charge in [0.05, 0.1) is 38.5 Å². The molecule has 137 heavy (non-hydrogen) atoms. The molecule has 0 radical (unpaired) electrons. The number of nitrogens with zero attached hydrogens (tertiary/aromatic N) is 9. The Morgan fingerprint density at radius 3 is 1.12 bits per heavy atom. The molecular weight excluding hydrogens is 1700 g/mol. The van der Waals surface area contributed by atoms with E-state index >= 15 is 0 Å². The van der Waals surface area contributed by atoms with Crippen molar-refractivity contribution in [2.45, 2.75) is 19.3 Å². The first-order valence-electron chi connectivity index (χ1n) is 46.1. The van der Waals surface area contributed by atoms with Crippen LogP contribution in [0, 0.1) is 0 Å². The fourth-order valence-corrected chi connectivity index (χ4v) is 22.5. The minimum absolute atomic E-state index is 0.0767. The van der Waals surface area contributed by atoms with Crippen molar-refractivity contribution in [2.75, 3.05) is 0 Å². The monoisotopic (exact) mass is 1770 g/mol. The molecule has 18 aromatic carbocycles. The molecular formula is C123H75N9O4S. The molecule has 0 fully saturated rings. The Hall–Kier alpha value is -18.0. The smallest absolute Gasteiger partial charge is 0.180 e. The maximum absolute atomic E-state index is 6.46. The number of aromatic nitrogens is 9. The summed E-state index contributed by atoms with van der Waals surface area (Å²) in [6.07, 6.45) is 0. The molecule has 30 rings (SSSR count). The number of benzene rings is 18. The van der Waals surface area contributed by atoms with Gasteiger partial charge in [0.25, 0.3) is 0 Å². The second-order valence-corrected chi connectivity index (χ2v) is 36.8. The van der Waals surface area contributed by atoms with Crippen molar-refractivity contribution in [3.8, 4) is 96.1 Å². The fourth-order valence-electron chi connectivity index (χ4n) is 21.4. The maximum atomic E-state index is 6.46. The molecule has 11 heterocycles. The number of hydrogen-bond acceptors (Lipinski definition) is 11. The van der Waals surface area contributed by atoms with Crippen LogP contribution in [-0.2, 0) is 5.41 Å². The third-order valence-electron chi connectivity index (χ3n) is 27.6. The molecule has 29 aromatic rings. The molecule has 1 aliphatic carbocycles. The fraction of sp³-hybridized carbons (Fsp3) is 0.0244. The maximum Gasteiger partial charge on any atom is 0.180 e. The number of para-hydroxylation sites is 7. The highest BCUT2D eigenvalue weighted by molar-refractivity contribution is 7.26. The largest absolute Gasteiger partial charge is 0.456 e. The second kappa shape index (κ2) is 30.5. The molecule has 0 unspecified atom stereocenters. The van der Waals surface area contributed by atoms with Crippen LogP contribution in [0.3, 0.4) is 0 Å². The SMILES string of the molecule is CC1(C)c2ccccc2-c2c1ccc1c3ccccc3n(-c3ccc(-c4nc(-c5ccccc5)nc5c4oc4ccccc45)cc3)c21.c1ccc(-c2nc(-c3cccc(-n4c5ccccc5c5ccc6oc7ccccc7c6c54)c3)c3oc4ccccc4c3n2)cc1.c1ccc(-c2nc(-c3cccc(-n4c5ccccc5c5ccc6sc7ccccc7c6c54)c3)c3oc4ccccc4c3n2)cc1. The van der Waals surface area contributed by atoms with Gasteiger partial charge >= 0.3 is 0 Å². The van der Waals surface area contributed by atoms with Crippen LogP contribution in [0.4, 0.5) is 0 Å². The summed E-state index contributed by atoms with van der Waals surface area (Å²) in [5.41, 5.74) is 32.5. The molecule has 1 aliphatic rings. The van der Waals surface area contributed by atoms with Crippen LogP contribution in [-0.4, -0.2) is 43.6 Å². The van der Waals surface area contributed by atoms with Crippen molar-refractivity contribution in [2.24, 2.45) is 0 Å². The highest BCUT2D eigenvalue weighted by Crippen LogP contribution is 2.54. The van der Waals surface area contributed by atoms with E-state index in [9.17, 15) is 0 Å². The molecule has 13 nitrogen and oxygen atoms in total. The van der Waals surface area contributed by atoms with Crippen LogP contribution in [0.2, 0.25) is 0 Å². The number of furan rings is 4. The minimum Gasteiger partial charge on any atom is -0.456 e. The van der Waals surface area contributed by atoms with Crippen LogP contribution in [0.5, 0.6) is 0 Å². The van der Waals surface area contributed by atoms with Gasteiger partial charge in [0.15, 0.2) is 34.2 Å². The number of hydrogen-bond donors (Lipinski definition) is 0. The lowest BCUT2D eigenvalue weighted by molar-refractivity contribution is 0.661. The second-order valence-electron chi connectivity index (χ2n) is 35.7. The summed E-state index contributed by atoms with van der Waals surface area (Å²) < 4.78 is 35.5. The lowest BCUT2D eigenvalue weighted by atomic mass is 9.82. The molecule has 0 saturated heterocycles. The van der Waals surface area contributed by atoms with E-state index in [1.54, 1.807) is 0 Å². The molecule has 0 N–H and O–H groups in total. The Morgan fingerprint density at radius 2 is 0.613 bits per heavy atom. The van der Waals surface area contributed by atoms with Crippen molar-refractivity contribution in [1.82, 2.24) is 43.6 Å². The molecule has 0 amide bonds. The van der Waals surface area contributed by atoms with Gasteiger partial charge in [0.2, 0.25) is 0 Å². The standard InChI is InChI=1S/C43H29N3O.C40H23N3O2.C40H23N3OS/c1-43(2)33-17-9-6-15-31(33)37-34(43)25-24-30-29-14-7-10-18-35(29)46(40(30)37)28-22-20-26(21-23-28)38-41-39(32-16-8-11-19-36(32)47-41)45-42(44-38)27-12-4-3-5-13-27;1-2-11-24(12-3-1)40-41-36(39-37(42-40)30-17-6-9-20-33(30)45-39)25-13-10-14-26(23-25)43-31-18-7-4-15-27(31)28-21-22-34-35(38(28)43)29-16-5-8-19-32(29)44-34;1-2-11-24(12-3-1)40-41-36(39-37(42-40)29-16-5-8-19-32(29)44-39)25-13-10-14-26(23-25)43-31-18-7-4-15-27(31)28-21-22-34-35(38(28)43)30-17-6-9-20-33(30)45-34/h3-25H,1-2H3;2*1-23H. The van der Waals surface area contributed by atoms with E-state index in [0.29, 0.717) is 34.2 Å². The average Bonchev–Trinajstić information content (AvgIpc) is 1.53. The predicted molar refractivity (Wildman–Crippen MR) is 561 cm³/mol. The van der Waals surface area contributed by atoms with Crippen LogP contribution < -0.4 is 0 Å². The van der Waals surface area contributed by atoms with Gasteiger partial charge in [0.1, 0.15) is 61.5 Å². The average molecular weight is 1780 g/mol. The molecule has 14 heteroatoms. The zero-order valence-electron chi connectivity index (χ0n) is 73.9. The van der Waals surface area contributed by atoms with Crippen molar-refractivity contribution in [3.05, 3.63) is 430 Å². The topological polar surface area (TPSA) is 145 Å². The third-order valence-corrected chi connectivity index (χ3v) is 28.8. The third kappa shape index (κ3) is 12.1. The zero-order chi connectivity index (χ0) is 90.2. The number of thiophene rings is 1. The Labute approximate surface area is 786 Å². The highest BCUT2D eigenvalue weighted by Gasteiger charge is 2.38. The van der Waals surface area contributed by atoms with E-state index in [1.807, 2.05) is 145 Å². The Morgan fingerprint density at radius 1 is 0.234 bits per heavy atom. The van der Waals surface area contributed by atoms with Gasteiger partial charge in [-0.2, -0.15) is 0 Å². The normalized spacial score (nSPS) is 12.5. The molecule has 0 aliphatic heterocycles. The van der Waals surface area contributed by atoms with Gasteiger partial charge in [0, 0.05) is 135 Å². The van der Waals surface area contributed by atoms with Gasteiger partial charge in [-0.25, -0.2) is 29.9 Å². The Bertz CT molecular complexity index is 9670. The zero-order valence-corrected chi connectivity index (χ0v) is 74.7. The van der Waals surface area contributed by atoms with E-state index in [4.69, 9.17) is 47.6 Å². The predicted octanol–water partition coefficient (Wildman–Crippen LogP) is 33.0. The van der Waals surface area contributed by atoms with E-state index < -0.39 is 0 Å². The van der Waals surface area contributed by atoms with Crippen molar-refractivity contribution in [3.63, 3.8) is 0 Å². The van der Waals surface area contributed by atoms with E-state index in [0.717, 1.165) is 150 Å². The van der Waals surface area contributed by atoms with E-state index in [2.05, 4.69) is 313 Å². The van der Waals surface area contributed by atoms with Crippen molar-refractivity contribution >= 4 is 185 Å². The summed E-state index contributed by atoms with van der Waals surface area (Å²) >= 11 is 1.85. The molecule has 0 saturated carbocycles. The van der Waals surface area contributed by atoms with E-state index in [1.165, 1.54) is 96.8 Å². The van der Waals surface area contributed by atoms with Gasteiger partial charge < -0.3 is 31.4 Å². The molecule has 0 atom stereocenters. The first-order chi connectivity index (χ1) is 67.7. The van der Waals surface area contributed by atoms with Gasteiger partial charge in [-0.1, -0.05) is 311 Å². The van der Waals surface area contributed by atoms with Crippen LogP contribution in [0.15, 0.2) is 436 Å². The molecule has 0 bridgehead atoms. The summed E-state index contributed by atoms with van der Waals surface area (Å²) in [6.45, 7) is 4.69.